The zero-order valence-corrected chi connectivity index (χ0v) is 17.7. The average molecular weight is 415 g/mol. The van der Waals surface area contributed by atoms with Crippen molar-refractivity contribution in [2.75, 3.05) is 26.3 Å². The topological polar surface area (TPSA) is 56.3 Å². The van der Waals surface area contributed by atoms with Crippen LogP contribution in [0, 0.1) is 29.6 Å². The second-order valence-corrected chi connectivity index (χ2v) is 8.85. The molecule has 0 N–H and O–H groups in total. The van der Waals surface area contributed by atoms with Gasteiger partial charge in [0.2, 0.25) is 0 Å². The summed E-state index contributed by atoms with van der Waals surface area (Å²) < 4.78 is 13.0. The predicted molar refractivity (Wildman–Crippen MR) is 116 cm³/mol. The van der Waals surface area contributed by atoms with E-state index in [2.05, 4.69) is 62.6 Å². The number of rotatable bonds is 5. The van der Waals surface area contributed by atoms with Crippen molar-refractivity contribution in [1.82, 2.24) is 19.6 Å². The number of nitrogens with zero attached hydrogens (tertiary/aromatic N) is 4. The third-order valence-corrected chi connectivity index (χ3v) is 6.92. The van der Waals surface area contributed by atoms with Crippen LogP contribution in [0.25, 0.3) is 11.3 Å². The van der Waals surface area contributed by atoms with Crippen LogP contribution in [0.2, 0.25) is 0 Å². The summed E-state index contributed by atoms with van der Waals surface area (Å²) in [6.07, 6.45) is 4.71. The van der Waals surface area contributed by atoms with E-state index in [1.165, 1.54) is 13.1 Å². The normalized spacial score (nSPS) is 25.0. The Morgan fingerprint density at radius 2 is 1.94 bits per heavy atom. The molecule has 2 aromatic heterocycles. The number of benzene rings is 1. The maximum Gasteiger partial charge on any atom is 0.167 e. The molecule has 0 bridgehead atoms. The van der Waals surface area contributed by atoms with Crippen LogP contribution in [0.1, 0.15) is 24.0 Å². The zero-order valence-electron chi connectivity index (χ0n) is 17.7. The standard InChI is InChI=1S/C25H26N4O2/c1-2-25-26-9-10-28(25)12-19-11-24(31-27-19)18-6-3-17(4-7-18)5-8-21-22-13-29(14-23(21)22)20-15-30-16-20/h3-4,6-7,9-11,20-23H,2,12-16H2,1H3. The molecule has 0 amide bonds. The fourth-order valence-electron chi connectivity index (χ4n) is 4.89. The number of aromatic nitrogens is 3. The molecule has 31 heavy (non-hydrogen) atoms. The van der Waals surface area contributed by atoms with Gasteiger partial charge < -0.3 is 13.8 Å². The molecule has 3 aromatic rings. The quantitative estimate of drug-likeness (QED) is 0.601. The number of fused-ring (bicyclic) bond motifs is 1. The molecule has 4 heterocycles. The Bertz CT molecular complexity index is 1120. The van der Waals surface area contributed by atoms with Crippen molar-refractivity contribution in [1.29, 1.82) is 0 Å². The van der Waals surface area contributed by atoms with Gasteiger partial charge >= 0.3 is 0 Å². The summed E-state index contributed by atoms with van der Waals surface area (Å²) in [4.78, 5) is 6.95. The molecule has 3 aliphatic rings. The van der Waals surface area contributed by atoms with Crippen molar-refractivity contribution in [3.8, 4) is 23.2 Å². The Hall–Kier alpha value is -2.88. The van der Waals surface area contributed by atoms with Gasteiger partial charge in [0.25, 0.3) is 0 Å². The Balaban J connectivity index is 1.07. The SMILES string of the molecule is CCc1nccn1Cc1cc(-c2ccc(C#CC3C4CN(C5COC5)CC34)cc2)on1. The minimum atomic E-state index is 0.574. The summed E-state index contributed by atoms with van der Waals surface area (Å²) in [5.41, 5.74) is 2.98. The first-order chi connectivity index (χ1) is 15.3. The van der Waals surface area contributed by atoms with Crippen molar-refractivity contribution in [2.24, 2.45) is 17.8 Å². The van der Waals surface area contributed by atoms with E-state index in [0.29, 0.717) is 18.5 Å². The minimum Gasteiger partial charge on any atom is -0.378 e. The van der Waals surface area contributed by atoms with Crippen molar-refractivity contribution < 1.29 is 9.26 Å². The third-order valence-electron chi connectivity index (χ3n) is 6.92. The van der Waals surface area contributed by atoms with Crippen LogP contribution in [0.4, 0.5) is 0 Å². The van der Waals surface area contributed by atoms with E-state index in [0.717, 1.165) is 59.9 Å². The second-order valence-electron chi connectivity index (χ2n) is 8.85. The van der Waals surface area contributed by atoms with E-state index in [4.69, 9.17) is 9.26 Å². The lowest BCUT2D eigenvalue weighted by Crippen LogP contribution is -2.48. The molecule has 0 radical (unpaired) electrons. The van der Waals surface area contributed by atoms with Crippen molar-refractivity contribution in [2.45, 2.75) is 25.9 Å². The minimum absolute atomic E-state index is 0.574. The summed E-state index contributed by atoms with van der Waals surface area (Å²) >= 11 is 0. The molecule has 158 valence electrons. The molecule has 2 unspecified atom stereocenters. The fraction of sp³-hybridized carbons (Fsp3) is 0.440. The molecule has 2 aliphatic heterocycles. The highest BCUT2D eigenvalue weighted by atomic mass is 16.5. The van der Waals surface area contributed by atoms with Crippen molar-refractivity contribution >= 4 is 0 Å². The van der Waals surface area contributed by atoms with Gasteiger partial charge in [0.05, 0.1) is 25.8 Å². The van der Waals surface area contributed by atoms with Crippen molar-refractivity contribution in [3.05, 3.63) is 59.8 Å². The second kappa shape index (κ2) is 7.67. The summed E-state index contributed by atoms with van der Waals surface area (Å²) in [6.45, 7) is 7.00. The largest absolute Gasteiger partial charge is 0.378 e. The maximum absolute atomic E-state index is 5.58. The van der Waals surface area contributed by atoms with Crippen LogP contribution < -0.4 is 0 Å². The molecule has 6 nitrogen and oxygen atoms in total. The van der Waals surface area contributed by atoms with Gasteiger partial charge in [0.1, 0.15) is 11.5 Å². The average Bonchev–Trinajstić information content (AvgIpc) is 3.22. The number of likely N-dealkylation sites (tertiary alicyclic amines) is 1. The van der Waals surface area contributed by atoms with Gasteiger partial charge in [-0.2, -0.15) is 0 Å². The number of ether oxygens (including phenoxy) is 1. The molecule has 1 aliphatic carbocycles. The number of aryl methyl sites for hydroxylation is 1. The molecule has 6 rings (SSSR count). The summed E-state index contributed by atoms with van der Waals surface area (Å²) in [5.74, 6) is 10.8. The van der Waals surface area contributed by atoms with Crippen LogP contribution in [0.3, 0.4) is 0 Å². The molecular formula is C25H26N4O2. The van der Waals surface area contributed by atoms with Gasteiger partial charge in [-0.3, -0.25) is 4.90 Å². The predicted octanol–water partition coefficient (Wildman–Crippen LogP) is 3.08. The van der Waals surface area contributed by atoms with Gasteiger partial charge in [0, 0.05) is 55.0 Å². The molecule has 1 saturated carbocycles. The van der Waals surface area contributed by atoms with Crippen LogP contribution in [0.15, 0.2) is 47.2 Å². The Morgan fingerprint density at radius 1 is 1.13 bits per heavy atom. The lowest BCUT2D eigenvalue weighted by atomic mass is 10.1. The molecular weight excluding hydrogens is 388 g/mol. The molecule has 2 atom stereocenters. The van der Waals surface area contributed by atoms with Gasteiger partial charge in [-0.05, 0) is 36.1 Å². The van der Waals surface area contributed by atoms with Crippen LogP contribution in [0.5, 0.6) is 0 Å². The first-order valence-corrected chi connectivity index (χ1v) is 11.2. The monoisotopic (exact) mass is 414 g/mol. The molecule has 3 fully saturated rings. The van der Waals surface area contributed by atoms with Crippen LogP contribution in [-0.2, 0) is 17.7 Å². The van der Waals surface area contributed by atoms with E-state index in [1.807, 2.05) is 18.5 Å². The first kappa shape index (κ1) is 18.9. The summed E-state index contributed by atoms with van der Waals surface area (Å²) in [7, 11) is 0. The van der Waals surface area contributed by atoms with Gasteiger partial charge in [-0.1, -0.05) is 23.9 Å². The number of piperidine rings is 1. The molecule has 2 saturated heterocycles. The van der Waals surface area contributed by atoms with Gasteiger partial charge in [-0.25, -0.2) is 4.98 Å². The Labute approximate surface area is 182 Å². The van der Waals surface area contributed by atoms with E-state index in [1.54, 1.807) is 0 Å². The van der Waals surface area contributed by atoms with E-state index in [9.17, 15) is 0 Å². The fourth-order valence-corrected chi connectivity index (χ4v) is 4.89. The summed E-state index contributed by atoms with van der Waals surface area (Å²) in [6, 6.07) is 10.9. The lowest BCUT2D eigenvalue weighted by Gasteiger charge is -2.35. The highest BCUT2D eigenvalue weighted by molar-refractivity contribution is 5.59. The van der Waals surface area contributed by atoms with Crippen molar-refractivity contribution in [3.63, 3.8) is 0 Å². The number of imidazole rings is 1. The number of hydrogen-bond donors (Lipinski definition) is 0. The lowest BCUT2D eigenvalue weighted by molar-refractivity contribution is -0.0612. The number of hydrogen-bond acceptors (Lipinski definition) is 5. The first-order valence-electron chi connectivity index (χ1n) is 11.2. The zero-order chi connectivity index (χ0) is 20.8. The van der Waals surface area contributed by atoms with E-state index >= 15 is 0 Å². The highest BCUT2D eigenvalue weighted by Gasteiger charge is 2.56. The maximum atomic E-state index is 5.58. The Kier molecular flexibility index (Phi) is 4.66. The van der Waals surface area contributed by atoms with Crippen LogP contribution in [-0.4, -0.2) is 52.0 Å². The smallest absolute Gasteiger partial charge is 0.167 e. The summed E-state index contributed by atoms with van der Waals surface area (Å²) in [5, 5.41) is 4.23. The third kappa shape index (κ3) is 3.58. The van der Waals surface area contributed by atoms with Gasteiger partial charge in [-0.15, -0.1) is 0 Å². The highest BCUT2D eigenvalue weighted by Crippen LogP contribution is 2.52. The molecule has 0 spiro atoms. The van der Waals surface area contributed by atoms with Crippen LogP contribution >= 0.6 is 0 Å². The molecule has 1 aromatic carbocycles. The van der Waals surface area contributed by atoms with Gasteiger partial charge in [0.15, 0.2) is 5.76 Å². The Morgan fingerprint density at radius 3 is 2.65 bits per heavy atom. The van der Waals surface area contributed by atoms with E-state index < -0.39 is 0 Å². The van der Waals surface area contributed by atoms with E-state index in [-0.39, 0.29) is 0 Å². The molecule has 6 heteroatoms.